The van der Waals surface area contributed by atoms with Crippen molar-refractivity contribution in [3.63, 3.8) is 0 Å². The number of hydrogen-bond acceptors (Lipinski definition) is 5. The van der Waals surface area contributed by atoms with E-state index in [1.807, 2.05) is 6.26 Å². The van der Waals surface area contributed by atoms with Crippen molar-refractivity contribution in [1.82, 2.24) is 15.3 Å². The molecule has 0 atom stereocenters. The summed E-state index contributed by atoms with van der Waals surface area (Å²) in [4.78, 5) is 8.92. The second-order valence-corrected chi connectivity index (χ2v) is 3.89. The van der Waals surface area contributed by atoms with Crippen molar-refractivity contribution in [2.75, 3.05) is 18.1 Å². The molecular formula is C9H14N4S. The Bertz CT molecular complexity index is 340. The van der Waals surface area contributed by atoms with Gasteiger partial charge in [-0.2, -0.15) is 0 Å². The molecule has 1 aromatic rings. The number of thioether (sulfide) groups is 1. The zero-order valence-electron chi connectivity index (χ0n) is 8.42. The molecule has 2 heterocycles. The number of rotatable bonds is 3. The first-order valence-electron chi connectivity index (χ1n) is 4.73. The summed E-state index contributed by atoms with van der Waals surface area (Å²) in [5, 5.41) is 7.41. The largest absolute Gasteiger partial charge is 0.370 e. The van der Waals surface area contributed by atoms with Crippen LogP contribution in [0.2, 0.25) is 0 Å². The summed E-state index contributed by atoms with van der Waals surface area (Å²) in [5.41, 5.74) is 2.37. The minimum absolute atomic E-state index is 0.850. The van der Waals surface area contributed by atoms with Gasteiger partial charge in [-0.15, -0.1) is 0 Å². The highest BCUT2D eigenvalue weighted by Crippen LogP contribution is 2.23. The molecule has 5 heteroatoms. The predicted molar refractivity (Wildman–Crippen MR) is 58.5 cm³/mol. The minimum Gasteiger partial charge on any atom is -0.370 e. The van der Waals surface area contributed by atoms with Crippen LogP contribution in [-0.2, 0) is 13.1 Å². The van der Waals surface area contributed by atoms with Crippen LogP contribution in [0.3, 0.4) is 0 Å². The monoisotopic (exact) mass is 210 g/mol. The van der Waals surface area contributed by atoms with Gasteiger partial charge in [-0.1, -0.05) is 11.8 Å². The fourth-order valence-electron chi connectivity index (χ4n) is 1.55. The highest BCUT2D eigenvalue weighted by molar-refractivity contribution is 7.98. The molecule has 2 rings (SSSR count). The van der Waals surface area contributed by atoms with Crippen LogP contribution in [-0.4, -0.2) is 22.8 Å². The molecule has 2 N–H and O–H groups in total. The second-order valence-electron chi connectivity index (χ2n) is 3.12. The molecule has 0 radical (unpaired) electrons. The topological polar surface area (TPSA) is 49.8 Å². The molecule has 0 saturated carbocycles. The SMILES string of the molecule is CCNc1nc(SC)nc2c1CNC2. The Balaban J connectivity index is 2.41. The summed E-state index contributed by atoms with van der Waals surface area (Å²) in [6.07, 6.45) is 2.00. The lowest BCUT2D eigenvalue weighted by Crippen LogP contribution is -2.06. The molecule has 1 aliphatic heterocycles. The van der Waals surface area contributed by atoms with Crippen LogP contribution < -0.4 is 10.6 Å². The van der Waals surface area contributed by atoms with Gasteiger partial charge in [0.05, 0.1) is 5.69 Å². The Labute approximate surface area is 87.9 Å². The molecular weight excluding hydrogens is 196 g/mol. The lowest BCUT2D eigenvalue weighted by atomic mass is 10.2. The van der Waals surface area contributed by atoms with E-state index in [1.54, 1.807) is 11.8 Å². The van der Waals surface area contributed by atoms with Crippen molar-refractivity contribution in [2.24, 2.45) is 0 Å². The normalized spacial score (nSPS) is 14.1. The highest BCUT2D eigenvalue weighted by atomic mass is 32.2. The van der Waals surface area contributed by atoms with Gasteiger partial charge in [0, 0.05) is 25.2 Å². The summed E-state index contributed by atoms with van der Waals surface area (Å²) in [6.45, 7) is 4.73. The van der Waals surface area contributed by atoms with E-state index < -0.39 is 0 Å². The lowest BCUT2D eigenvalue weighted by Gasteiger charge is -2.08. The van der Waals surface area contributed by atoms with Crippen molar-refractivity contribution in [2.45, 2.75) is 25.2 Å². The van der Waals surface area contributed by atoms with E-state index in [1.165, 1.54) is 5.56 Å². The van der Waals surface area contributed by atoms with Crippen LogP contribution in [0.4, 0.5) is 5.82 Å². The molecule has 0 unspecified atom stereocenters. The summed E-state index contributed by atoms with van der Waals surface area (Å²) in [5.74, 6) is 0.992. The van der Waals surface area contributed by atoms with E-state index >= 15 is 0 Å². The first kappa shape index (κ1) is 9.73. The Hall–Kier alpha value is -0.810. The van der Waals surface area contributed by atoms with Gasteiger partial charge in [-0.25, -0.2) is 9.97 Å². The number of nitrogens with one attached hydrogen (secondary N) is 2. The number of nitrogens with zero attached hydrogens (tertiary/aromatic N) is 2. The Morgan fingerprint density at radius 3 is 3.00 bits per heavy atom. The van der Waals surface area contributed by atoms with E-state index in [0.717, 1.165) is 36.3 Å². The first-order chi connectivity index (χ1) is 6.85. The van der Waals surface area contributed by atoms with E-state index in [2.05, 4.69) is 27.5 Å². The fraction of sp³-hybridized carbons (Fsp3) is 0.556. The molecule has 14 heavy (non-hydrogen) atoms. The van der Waals surface area contributed by atoms with Gasteiger partial charge in [0.25, 0.3) is 0 Å². The van der Waals surface area contributed by atoms with Gasteiger partial charge in [-0.05, 0) is 13.2 Å². The lowest BCUT2D eigenvalue weighted by molar-refractivity contribution is 0.754. The third-order valence-corrected chi connectivity index (χ3v) is 2.74. The number of fused-ring (bicyclic) bond motifs is 1. The summed E-state index contributed by atoms with van der Waals surface area (Å²) in [6, 6.07) is 0. The van der Waals surface area contributed by atoms with E-state index in [0.29, 0.717) is 0 Å². The molecule has 0 fully saturated rings. The van der Waals surface area contributed by atoms with Crippen LogP contribution >= 0.6 is 11.8 Å². The second kappa shape index (κ2) is 4.14. The zero-order valence-corrected chi connectivity index (χ0v) is 9.24. The summed E-state index contributed by atoms with van der Waals surface area (Å²) < 4.78 is 0. The molecule has 76 valence electrons. The number of anilines is 1. The molecule has 0 bridgehead atoms. The maximum absolute atomic E-state index is 4.46. The average Bonchev–Trinajstić information content (AvgIpc) is 2.66. The third kappa shape index (κ3) is 1.69. The van der Waals surface area contributed by atoms with Crippen molar-refractivity contribution in [3.05, 3.63) is 11.3 Å². The molecule has 0 aromatic carbocycles. The molecule has 0 spiro atoms. The molecule has 1 aromatic heterocycles. The molecule has 0 aliphatic carbocycles. The van der Waals surface area contributed by atoms with Gasteiger partial charge in [-0.3, -0.25) is 0 Å². The van der Waals surface area contributed by atoms with Crippen LogP contribution in [0.15, 0.2) is 5.16 Å². The van der Waals surface area contributed by atoms with Gasteiger partial charge >= 0.3 is 0 Å². The molecule has 0 amide bonds. The molecule has 1 aliphatic rings. The summed E-state index contributed by atoms with van der Waals surface area (Å²) >= 11 is 1.58. The van der Waals surface area contributed by atoms with Crippen molar-refractivity contribution >= 4 is 17.6 Å². The van der Waals surface area contributed by atoms with Gasteiger partial charge in [0.2, 0.25) is 0 Å². The van der Waals surface area contributed by atoms with E-state index in [4.69, 9.17) is 0 Å². The van der Waals surface area contributed by atoms with Crippen LogP contribution in [0.5, 0.6) is 0 Å². The van der Waals surface area contributed by atoms with E-state index in [-0.39, 0.29) is 0 Å². The zero-order chi connectivity index (χ0) is 9.97. The van der Waals surface area contributed by atoms with E-state index in [9.17, 15) is 0 Å². The van der Waals surface area contributed by atoms with Crippen molar-refractivity contribution < 1.29 is 0 Å². The Morgan fingerprint density at radius 2 is 2.29 bits per heavy atom. The van der Waals surface area contributed by atoms with Crippen LogP contribution in [0, 0.1) is 0 Å². The fourth-order valence-corrected chi connectivity index (χ4v) is 1.93. The first-order valence-corrected chi connectivity index (χ1v) is 5.96. The third-order valence-electron chi connectivity index (χ3n) is 2.19. The summed E-state index contributed by atoms with van der Waals surface area (Å²) in [7, 11) is 0. The average molecular weight is 210 g/mol. The van der Waals surface area contributed by atoms with Crippen molar-refractivity contribution in [3.8, 4) is 0 Å². The number of aromatic nitrogens is 2. The van der Waals surface area contributed by atoms with Gasteiger partial charge in [0.1, 0.15) is 5.82 Å². The standard InChI is InChI=1S/C9H14N4S/c1-3-11-8-6-4-10-5-7(6)12-9(13-8)14-2/h10H,3-5H2,1-2H3,(H,11,12,13). The van der Waals surface area contributed by atoms with Crippen LogP contribution in [0.25, 0.3) is 0 Å². The smallest absolute Gasteiger partial charge is 0.189 e. The van der Waals surface area contributed by atoms with Crippen LogP contribution in [0.1, 0.15) is 18.2 Å². The van der Waals surface area contributed by atoms with Crippen molar-refractivity contribution in [1.29, 1.82) is 0 Å². The van der Waals surface area contributed by atoms with Gasteiger partial charge < -0.3 is 10.6 Å². The van der Waals surface area contributed by atoms with Gasteiger partial charge in [0.15, 0.2) is 5.16 Å². The number of hydrogen-bond donors (Lipinski definition) is 2. The molecule has 0 saturated heterocycles. The Morgan fingerprint density at radius 1 is 1.43 bits per heavy atom. The highest BCUT2D eigenvalue weighted by Gasteiger charge is 2.17. The Kier molecular flexibility index (Phi) is 2.88. The minimum atomic E-state index is 0.850. The predicted octanol–water partition coefficient (Wildman–Crippen LogP) is 1.23. The molecule has 4 nitrogen and oxygen atoms in total. The maximum atomic E-state index is 4.46. The quantitative estimate of drug-likeness (QED) is 0.580. The maximum Gasteiger partial charge on any atom is 0.189 e.